The summed E-state index contributed by atoms with van der Waals surface area (Å²) in [7, 11) is 0. The summed E-state index contributed by atoms with van der Waals surface area (Å²) in [5.41, 5.74) is 4.04. The first-order valence-corrected chi connectivity index (χ1v) is 13.9. The minimum absolute atomic E-state index is 0.0983. The molecule has 1 aliphatic rings. The molecule has 1 fully saturated rings. The first-order valence-electron chi connectivity index (χ1n) is 13.9. The van der Waals surface area contributed by atoms with Gasteiger partial charge in [-0.3, -0.25) is 9.59 Å². The van der Waals surface area contributed by atoms with Gasteiger partial charge in [0.2, 0.25) is 0 Å². The van der Waals surface area contributed by atoms with Gasteiger partial charge in [-0.2, -0.15) is 0 Å². The van der Waals surface area contributed by atoms with E-state index in [1.54, 1.807) is 12.1 Å². The maximum atomic E-state index is 14.0. The van der Waals surface area contributed by atoms with Gasteiger partial charge in [0.25, 0.3) is 5.91 Å². The average molecular weight is 561 g/mol. The summed E-state index contributed by atoms with van der Waals surface area (Å²) in [6, 6.07) is 16.7. The molecule has 6 nitrogen and oxygen atoms in total. The molecule has 2 heterocycles. The molecule has 1 amide bonds. The van der Waals surface area contributed by atoms with Gasteiger partial charge in [0.05, 0.1) is 5.52 Å². The van der Waals surface area contributed by atoms with Crippen LogP contribution in [0.25, 0.3) is 10.9 Å². The number of hydrogen-bond donors (Lipinski definition) is 2. The summed E-state index contributed by atoms with van der Waals surface area (Å²) in [5.74, 6) is -1.82. The average Bonchev–Trinajstić information content (AvgIpc) is 3.25. The first kappa shape index (κ1) is 28.5. The summed E-state index contributed by atoms with van der Waals surface area (Å²) in [5, 5.41) is 13.5. The van der Waals surface area contributed by atoms with Crippen molar-refractivity contribution in [1.82, 2.24) is 9.88 Å². The van der Waals surface area contributed by atoms with Crippen molar-refractivity contribution >= 4 is 22.8 Å². The highest BCUT2D eigenvalue weighted by molar-refractivity contribution is 5.96. The van der Waals surface area contributed by atoms with Crippen LogP contribution in [0.1, 0.15) is 58.3 Å². The predicted octanol–water partition coefficient (Wildman–Crippen LogP) is 6.21. The zero-order chi connectivity index (χ0) is 29.0. The summed E-state index contributed by atoms with van der Waals surface area (Å²) in [6.07, 6.45) is 4.55. The second-order valence-corrected chi connectivity index (χ2v) is 11.0. The van der Waals surface area contributed by atoms with Crippen LogP contribution in [0.2, 0.25) is 0 Å². The highest BCUT2D eigenvalue weighted by atomic mass is 19.1. The van der Waals surface area contributed by atoms with Crippen LogP contribution >= 0.6 is 0 Å². The third-order valence-electron chi connectivity index (χ3n) is 8.03. The molecule has 2 N–H and O–H groups in total. The van der Waals surface area contributed by atoms with E-state index in [2.05, 4.69) is 5.32 Å². The fourth-order valence-electron chi connectivity index (χ4n) is 5.75. The van der Waals surface area contributed by atoms with E-state index in [1.165, 1.54) is 24.3 Å². The van der Waals surface area contributed by atoms with Crippen molar-refractivity contribution in [2.45, 2.75) is 57.5 Å². The number of benzene rings is 3. The minimum atomic E-state index is -0.937. The molecule has 1 aliphatic heterocycles. The molecular weight excluding hydrogens is 526 g/mol. The Kier molecular flexibility index (Phi) is 8.49. The molecular formula is C33H34F2N2O4. The normalized spacial score (nSPS) is 14.7. The van der Waals surface area contributed by atoms with E-state index in [-0.39, 0.29) is 30.4 Å². The van der Waals surface area contributed by atoms with Crippen LogP contribution in [0.4, 0.5) is 8.78 Å². The van der Waals surface area contributed by atoms with Crippen LogP contribution in [0.15, 0.2) is 66.9 Å². The maximum Gasteiger partial charge on any atom is 0.303 e. The van der Waals surface area contributed by atoms with Gasteiger partial charge in [-0.25, -0.2) is 8.78 Å². The SMILES string of the molecule is Cc1cn(Cc2ccc(CCC(=O)O)c(C(=O)NC3(CCc4cccc(F)c4)CCOCC3)c2)c2cc(F)ccc12. The van der Waals surface area contributed by atoms with Crippen LogP contribution in [0, 0.1) is 18.6 Å². The number of fused-ring (bicyclic) bond motifs is 1. The Labute approximate surface area is 237 Å². The minimum Gasteiger partial charge on any atom is -0.481 e. The topological polar surface area (TPSA) is 80.6 Å². The molecule has 0 saturated carbocycles. The van der Waals surface area contributed by atoms with Crippen molar-refractivity contribution in [1.29, 1.82) is 0 Å². The van der Waals surface area contributed by atoms with Gasteiger partial charge in [-0.1, -0.05) is 24.3 Å². The van der Waals surface area contributed by atoms with Gasteiger partial charge >= 0.3 is 5.97 Å². The number of amides is 1. The number of rotatable bonds is 10. The zero-order valence-electron chi connectivity index (χ0n) is 23.1. The van der Waals surface area contributed by atoms with E-state index >= 15 is 0 Å². The van der Waals surface area contributed by atoms with Crippen molar-refractivity contribution in [3.63, 3.8) is 0 Å². The molecule has 0 bridgehead atoms. The summed E-state index contributed by atoms with van der Waals surface area (Å²) in [4.78, 5) is 25.3. The van der Waals surface area contributed by atoms with Crippen LogP contribution in [-0.4, -0.2) is 40.3 Å². The summed E-state index contributed by atoms with van der Waals surface area (Å²) >= 11 is 0. The number of hydrogen-bond acceptors (Lipinski definition) is 3. The largest absolute Gasteiger partial charge is 0.481 e. The number of carbonyl (C=O) groups excluding carboxylic acids is 1. The number of nitrogens with one attached hydrogen (secondary N) is 1. The number of carboxylic acids is 1. The Balaban J connectivity index is 1.43. The number of carboxylic acid groups (broad SMARTS) is 1. The Morgan fingerprint density at radius 1 is 0.976 bits per heavy atom. The lowest BCUT2D eigenvalue weighted by Crippen LogP contribution is -2.52. The van der Waals surface area contributed by atoms with Gasteiger partial charge in [-0.15, -0.1) is 0 Å². The van der Waals surface area contributed by atoms with E-state index < -0.39 is 11.5 Å². The fraction of sp³-hybridized carbons (Fsp3) is 0.333. The van der Waals surface area contributed by atoms with E-state index in [4.69, 9.17) is 4.74 Å². The van der Waals surface area contributed by atoms with E-state index in [1.807, 2.05) is 42.0 Å². The van der Waals surface area contributed by atoms with Crippen LogP contribution in [-0.2, 0) is 28.9 Å². The number of carbonyl (C=O) groups is 2. The number of aryl methyl sites for hydroxylation is 3. The molecule has 1 saturated heterocycles. The number of ether oxygens (including phenoxy) is 1. The van der Waals surface area contributed by atoms with Gasteiger partial charge < -0.3 is 19.7 Å². The highest BCUT2D eigenvalue weighted by Crippen LogP contribution is 2.29. The lowest BCUT2D eigenvalue weighted by atomic mass is 9.83. The first-order chi connectivity index (χ1) is 19.7. The smallest absolute Gasteiger partial charge is 0.303 e. The van der Waals surface area contributed by atoms with Crippen molar-refractivity contribution in [3.8, 4) is 0 Å². The van der Waals surface area contributed by atoms with E-state index in [0.717, 1.165) is 27.6 Å². The van der Waals surface area contributed by atoms with Gasteiger partial charge in [-0.05, 0) is 97.7 Å². The van der Waals surface area contributed by atoms with E-state index in [0.29, 0.717) is 56.6 Å². The molecule has 3 aromatic carbocycles. The van der Waals surface area contributed by atoms with Crippen LogP contribution in [0.3, 0.4) is 0 Å². The second kappa shape index (κ2) is 12.2. The molecule has 1 aromatic heterocycles. The Morgan fingerprint density at radius 3 is 2.51 bits per heavy atom. The summed E-state index contributed by atoms with van der Waals surface area (Å²) in [6.45, 7) is 3.41. The zero-order valence-corrected chi connectivity index (χ0v) is 23.1. The number of aromatic nitrogens is 1. The fourth-order valence-corrected chi connectivity index (χ4v) is 5.75. The lowest BCUT2D eigenvalue weighted by molar-refractivity contribution is -0.136. The van der Waals surface area contributed by atoms with Crippen LogP contribution < -0.4 is 5.32 Å². The molecule has 41 heavy (non-hydrogen) atoms. The molecule has 214 valence electrons. The number of nitrogens with zero attached hydrogens (tertiary/aromatic N) is 1. The molecule has 8 heteroatoms. The van der Waals surface area contributed by atoms with Crippen LogP contribution in [0.5, 0.6) is 0 Å². The Bertz CT molecular complexity index is 1570. The van der Waals surface area contributed by atoms with Crippen molar-refractivity contribution in [2.24, 2.45) is 0 Å². The monoisotopic (exact) mass is 560 g/mol. The quantitative estimate of drug-likeness (QED) is 0.242. The number of aliphatic carboxylic acids is 1. The lowest BCUT2D eigenvalue weighted by Gasteiger charge is -2.38. The molecule has 4 aromatic rings. The van der Waals surface area contributed by atoms with Crippen molar-refractivity contribution in [2.75, 3.05) is 13.2 Å². The maximum absolute atomic E-state index is 14.0. The van der Waals surface area contributed by atoms with Gasteiger partial charge in [0.1, 0.15) is 11.6 Å². The molecule has 0 aliphatic carbocycles. The molecule has 0 radical (unpaired) electrons. The van der Waals surface area contributed by atoms with Crippen molar-refractivity contribution in [3.05, 3.63) is 106 Å². The predicted molar refractivity (Wildman–Crippen MR) is 153 cm³/mol. The molecule has 0 atom stereocenters. The third kappa shape index (κ3) is 6.82. The standard InChI is InChI=1S/C33H34F2N2O4/c1-22-20-37(30-19-27(35)8-9-28(22)30)21-24-5-6-25(7-10-31(38)39)29(18-24)32(40)36-33(13-15-41-16-14-33)12-11-23-3-2-4-26(34)17-23/h2-6,8-9,17-20H,7,10-16,21H2,1H3,(H,36,40)(H,38,39). The number of halogens is 2. The van der Waals surface area contributed by atoms with Crippen molar-refractivity contribution < 1.29 is 28.2 Å². The van der Waals surface area contributed by atoms with Gasteiger partial charge in [0.15, 0.2) is 0 Å². The molecule has 0 unspecified atom stereocenters. The Morgan fingerprint density at radius 2 is 1.76 bits per heavy atom. The highest BCUT2D eigenvalue weighted by Gasteiger charge is 2.34. The van der Waals surface area contributed by atoms with E-state index in [9.17, 15) is 23.5 Å². The third-order valence-corrected chi connectivity index (χ3v) is 8.03. The Hall–Kier alpha value is -4.04. The second-order valence-electron chi connectivity index (χ2n) is 11.0. The molecule has 0 spiro atoms. The van der Waals surface area contributed by atoms with Gasteiger partial charge in [0, 0.05) is 48.9 Å². The molecule has 5 rings (SSSR count). The summed E-state index contributed by atoms with van der Waals surface area (Å²) < 4.78 is 35.4.